The second-order valence-corrected chi connectivity index (χ2v) is 9.49. The molecular weight excluding hydrogens is 456 g/mol. The Bertz CT molecular complexity index is 923. The molecule has 0 aliphatic rings. The molecule has 6 nitrogen and oxygen atoms in total. The van der Waals surface area contributed by atoms with E-state index in [0.717, 1.165) is 24.9 Å². The molecule has 0 spiro atoms. The summed E-state index contributed by atoms with van der Waals surface area (Å²) in [5.41, 5.74) is 3.01. The lowest BCUT2D eigenvalue weighted by Gasteiger charge is -2.19. The van der Waals surface area contributed by atoms with Crippen LogP contribution in [0, 0.1) is 0 Å². The summed E-state index contributed by atoms with van der Waals surface area (Å²) in [7, 11) is 4.07. The molecule has 2 aromatic carbocycles. The summed E-state index contributed by atoms with van der Waals surface area (Å²) >= 11 is 5.26. The topological polar surface area (TPSA) is 73.5 Å². The van der Waals surface area contributed by atoms with Gasteiger partial charge in [-0.3, -0.25) is 14.9 Å². The number of anilines is 1. The van der Waals surface area contributed by atoms with Gasteiger partial charge in [-0.1, -0.05) is 32.9 Å². The number of hydrogen-bond acceptors (Lipinski definition) is 4. The average molecular weight is 491 g/mol. The molecule has 0 fully saturated rings. The minimum Gasteiger partial charge on any atom is -0.352 e. The van der Waals surface area contributed by atoms with Crippen LogP contribution in [-0.2, 0) is 5.41 Å². The molecule has 0 atom stereocenters. The highest BCUT2D eigenvalue weighted by atomic mass is 35.5. The lowest BCUT2D eigenvalue weighted by Crippen LogP contribution is -2.34. The van der Waals surface area contributed by atoms with Crippen LogP contribution in [0.1, 0.15) is 59.9 Å². The molecule has 0 aliphatic heterocycles. The highest BCUT2D eigenvalue weighted by molar-refractivity contribution is 7.80. The average Bonchev–Trinajstić information content (AvgIpc) is 2.73. The van der Waals surface area contributed by atoms with E-state index in [1.54, 1.807) is 36.4 Å². The molecule has 2 aromatic rings. The van der Waals surface area contributed by atoms with Crippen LogP contribution < -0.4 is 16.0 Å². The van der Waals surface area contributed by atoms with E-state index in [0.29, 0.717) is 23.4 Å². The Hall–Kier alpha value is -2.48. The first-order valence-corrected chi connectivity index (χ1v) is 11.2. The van der Waals surface area contributed by atoms with Gasteiger partial charge in [0.1, 0.15) is 0 Å². The second kappa shape index (κ2) is 13.3. The molecule has 0 saturated carbocycles. The molecule has 0 aliphatic carbocycles. The third kappa shape index (κ3) is 9.90. The van der Waals surface area contributed by atoms with Gasteiger partial charge in [-0.05, 0) is 93.1 Å². The SMILES string of the molecule is CN(C)CCCCNC(=O)c1ccc(NC(=S)NC(=O)c2ccc(C(C)(C)C)cc2)cc1.Cl. The van der Waals surface area contributed by atoms with E-state index in [4.69, 9.17) is 12.2 Å². The molecule has 2 rings (SSSR count). The van der Waals surface area contributed by atoms with Crippen molar-refractivity contribution in [3.8, 4) is 0 Å². The Labute approximate surface area is 208 Å². The Balaban J connectivity index is 0.00000544. The number of nitrogens with zero attached hydrogens (tertiary/aromatic N) is 1. The third-order valence-electron chi connectivity index (χ3n) is 4.96. The van der Waals surface area contributed by atoms with Gasteiger partial charge in [0.05, 0.1) is 0 Å². The molecular formula is C25H35ClN4O2S. The van der Waals surface area contributed by atoms with Crippen molar-refractivity contribution in [1.82, 2.24) is 15.5 Å². The number of carbonyl (C=O) groups excluding carboxylic acids is 2. The highest BCUT2D eigenvalue weighted by Crippen LogP contribution is 2.22. The Morgan fingerprint density at radius 1 is 0.879 bits per heavy atom. The van der Waals surface area contributed by atoms with Gasteiger partial charge in [0.2, 0.25) is 0 Å². The number of unbranched alkanes of at least 4 members (excludes halogenated alkanes) is 1. The number of benzene rings is 2. The fourth-order valence-electron chi connectivity index (χ4n) is 3.02. The first-order valence-electron chi connectivity index (χ1n) is 10.8. The van der Waals surface area contributed by atoms with E-state index < -0.39 is 0 Å². The maximum atomic E-state index is 12.4. The number of nitrogens with one attached hydrogen (secondary N) is 3. The maximum Gasteiger partial charge on any atom is 0.257 e. The zero-order chi connectivity index (χ0) is 23.7. The standard InChI is InChI=1S/C25H34N4O2S.ClH/c1-25(2,3)20-12-8-19(9-13-20)23(31)28-24(32)27-21-14-10-18(11-15-21)22(30)26-16-6-7-17-29(4)5;/h8-15H,6-7,16-17H2,1-5H3,(H,26,30)(H2,27,28,31,32);1H. The normalized spacial score (nSPS) is 10.8. The summed E-state index contributed by atoms with van der Waals surface area (Å²) in [5.74, 6) is -0.371. The van der Waals surface area contributed by atoms with E-state index >= 15 is 0 Å². The number of hydrogen-bond donors (Lipinski definition) is 3. The Morgan fingerprint density at radius 2 is 1.42 bits per heavy atom. The molecule has 0 radical (unpaired) electrons. The molecule has 0 unspecified atom stereocenters. The smallest absolute Gasteiger partial charge is 0.257 e. The van der Waals surface area contributed by atoms with Crippen molar-refractivity contribution in [2.75, 3.05) is 32.5 Å². The van der Waals surface area contributed by atoms with Gasteiger partial charge in [0, 0.05) is 23.4 Å². The van der Waals surface area contributed by atoms with Gasteiger partial charge in [0.15, 0.2) is 5.11 Å². The van der Waals surface area contributed by atoms with Crippen LogP contribution in [0.3, 0.4) is 0 Å². The number of rotatable bonds is 8. The largest absolute Gasteiger partial charge is 0.352 e. The van der Waals surface area contributed by atoms with Crippen LogP contribution in [0.5, 0.6) is 0 Å². The van der Waals surface area contributed by atoms with E-state index in [1.807, 2.05) is 26.2 Å². The Kier molecular flexibility index (Phi) is 11.5. The van der Waals surface area contributed by atoms with Gasteiger partial charge in [0.25, 0.3) is 11.8 Å². The van der Waals surface area contributed by atoms with Crippen molar-refractivity contribution in [2.24, 2.45) is 0 Å². The van der Waals surface area contributed by atoms with Crippen molar-refractivity contribution in [3.63, 3.8) is 0 Å². The maximum absolute atomic E-state index is 12.4. The number of amides is 2. The summed E-state index contributed by atoms with van der Waals surface area (Å²) < 4.78 is 0. The van der Waals surface area contributed by atoms with E-state index in [1.165, 1.54) is 0 Å². The minimum absolute atomic E-state index is 0. The van der Waals surface area contributed by atoms with Crippen LogP contribution in [0.4, 0.5) is 5.69 Å². The predicted octanol–water partition coefficient (Wildman–Crippen LogP) is 4.60. The summed E-state index contributed by atoms with van der Waals surface area (Å²) in [5, 5.41) is 8.80. The predicted molar refractivity (Wildman–Crippen MR) is 143 cm³/mol. The summed E-state index contributed by atoms with van der Waals surface area (Å²) in [6.07, 6.45) is 1.98. The molecule has 33 heavy (non-hydrogen) atoms. The second-order valence-electron chi connectivity index (χ2n) is 9.08. The summed E-state index contributed by atoms with van der Waals surface area (Å²) in [4.78, 5) is 26.8. The van der Waals surface area contributed by atoms with Crippen molar-refractivity contribution >= 4 is 47.2 Å². The molecule has 3 N–H and O–H groups in total. The zero-order valence-electron chi connectivity index (χ0n) is 20.0. The van der Waals surface area contributed by atoms with E-state index in [2.05, 4.69) is 41.6 Å². The highest BCUT2D eigenvalue weighted by Gasteiger charge is 2.15. The van der Waals surface area contributed by atoms with Crippen LogP contribution in [0.15, 0.2) is 48.5 Å². The van der Waals surface area contributed by atoms with E-state index in [9.17, 15) is 9.59 Å². The van der Waals surface area contributed by atoms with Crippen molar-refractivity contribution in [1.29, 1.82) is 0 Å². The molecule has 0 heterocycles. The van der Waals surface area contributed by atoms with E-state index in [-0.39, 0.29) is 34.7 Å². The van der Waals surface area contributed by atoms with Crippen molar-refractivity contribution < 1.29 is 9.59 Å². The lowest BCUT2D eigenvalue weighted by molar-refractivity contribution is 0.0950. The van der Waals surface area contributed by atoms with Gasteiger partial charge in [-0.25, -0.2) is 0 Å². The molecule has 180 valence electrons. The van der Waals surface area contributed by atoms with Crippen LogP contribution in [0.25, 0.3) is 0 Å². The van der Waals surface area contributed by atoms with Gasteiger partial charge < -0.3 is 15.5 Å². The number of carbonyl (C=O) groups is 2. The van der Waals surface area contributed by atoms with Crippen molar-refractivity contribution in [2.45, 2.75) is 39.0 Å². The minimum atomic E-state index is -0.270. The van der Waals surface area contributed by atoms with Gasteiger partial charge in [-0.2, -0.15) is 0 Å². The molecule has 0 aromatic heterocycles. The molecule has 0 bridgehead atoms. The fourth-order valence-corrected chi connectivity index (χ4v) is 3.23. The number of thiocarbonyl (C=S) groups is 1. The van der Waals surface area contributed by atoms with Crippen LogP contribution >= 0.6 is 24.6 Å². The quantitative estimate of drug-likeness (QED) is 0.372. The first kappa shape index (κ1) is 28.6. The Morgan fingerprint density at radius 3 is 1.97 bits per heavy atom. The fraction of sp³-hybridized carbons (Fsp3) is 0.400. The van der Waals surface area contributed by atoms with Crippen LogP contribution in [0.2, 0.25) is 0 Å². The van der Waals surface area contributed by atoms with Crippen molar-refractivity contribution in [3.05, 3.63) is 65.2 Å². The van der Waals surface area contributed by atoms with Gasteiger partial charge in [-0.15, -0.1) is 12.4 Å². The lowest BCUT2D eigenvalue weighted by atomic mass is 9.87. The summed E-state index contributed by atoms with van der Waals surface area (Å²) in [6.45, 7) is 8.04. The first-order chi connectivity index (χ1) is 15.1. The number of halogens is 1. The monoisotopic (exact) mass is 490 g/mol. The molecule has 0 saturated heterocycles. The van der Waals surface area contributed by atoms with Gasteiger partial charge >= 0.3 is 0 Å². The zero-order valence-corrected chi connectivity index (χ0v) is 21.7. The third-order valence-corrected chi connectivity index (χ3v) is 5.17. The molecule has 8 heteroatoms. The van der Waals surface area contributed by atoms with Crippen LogP contribution in [-0.4, -0.2) is 49.0 Å². The summed E-state index contributed by atoms with van der Waals surface area (Å²) in [6, 6.07) is 14.5. The molecule has 2 amide bonds.